The number of aromatic nitrogens is 5. The number of carbonyl (C=O) groups is 4. The van der Waals surface area contributed by atoms with Gasteiger partial charge in [0.25, 0.3) is 5.91 Å². The van der Waals surface area contributed by atoms with Crippen LogP contribution in [0, 0.1) is 0 Å². The van der Waals surface area contributed by atoms with E-state index in [2.05, 4.69) is 51.5 Å². The maximum absolute atomic E-state index is 13.0. The van der Waals surface area contributed by atoms with Crippen molar-refractivity contribution in [2.24, 2.45) is 0 Å². The number of nitrogens with one attached hydrogen (secondary N) is 6. The van der Waals surface area contributed by atoms with E-state index in [1.54, 1.807) is 42.6 Å². The van der Waals surface area contributed by atoms with E-state index in [0.29, 0.717) is 40.5 Å². The average molecular weight is 798 g/mol. The summed E-state index contributed by atoms with van der Waals surface area (Å²) in [6.45, 7) is -2.13. The molecule has 15 nitrogen and oxygen atoms in total. The van der Waals surface area contributed by atoms with Gasteiger partial charge in [-0.25, -0.2) is 4.98 Å². The third-order valence-electron chi connectivity index (χ3n) is 8.05. The smallest absolute Gasteiger partial charge is 0.422 e. The molecule has 284 valence electrons. The third kappa shape index (κ3) is 10.5. The Morgan fingerprint density at radius 3 is 2.29 bits per heavy atom. The number of nitrogens with zero attached hydrogens (tertiary/aromatic N) is 4. The normalized spacial score (nSPS) is 13.5. The van der Waals surface area contributed by atoms with Crippen LogP contribution in [0.3, 0.4) is 0 Å². The number of hydrogen-bond donors (Lipinski definition) is 6. The summed E-state index contributed by atoms with van der Waals surface area (Å²) >= 11 is 11.7. The molecule has 2 aromatic heterocycles. The van der Waals surface area contributed by atoms with E-state index in [1.807, 2.05) is 12.1 Å². The maximum Gasteiger partial charge on any atom is 0.422 e. The number of anilines is 4. The van der Waals surface area contributed by atoms with Crippen LogP contribution in [-0.4, -0.2) is 73.3 Å². The molecule has 0 radical (unpaired) electrons. The van der Waals surface area contributed by atoms with Crippen LogP contribution in [0.5, 0.6) is 6.01 Å². The molecule has 20 heteroatoms. The predicted molar refractivity (Wildman–Crippen MR) is 195 cm³/mol. The van der Waals surface area contributed by atoms with Gasteiger partial charge in [0, 0.05) is 40.3 Å². The van der Waals surface area contributed by atoms with Crippen LogP contribution in [-0.2, 0) is 19.9 Å². The standard InChI is InChI=1S/C35H29Cl2F3N10O5/c36-22-8-6-21(7-9-22)34(12-13-34)50-32-47-31(48-33(49-32)55-17-35(38,39)40)45-23-10-4-19(5-11-23)28(52)46-26(27(37)51)16-42-29(53)30(54)44-24-3-1-2-20(14-24)25-15-41-18-43-25/h1-11,14-15,18,26H,12-13,16-17H2,(H,41,43)(H,42,53)(H,44,54)(H,46,52)(H2,45,47,48,49,50)/t26-/m0/s1. The van der Waals surface area contributed by atoms with Gasteiger partial charge in [0.2, 0.25) is 17.1 Å². The summed E-state index contributed by atoms with van der Waals surface area (Å²) in [4.78, 5) is 69.4. The molecule has 1 aliphatic carbocycles. The number of carbonyl (C=O) groups excluding carboxylic acids is 4. The maximum atomic E-state index is 13.0. The van der Waals surface area contributed by atoms with Crippen LogP contribution in [0.15, 0.2) is 85.3 Å². The van der Waals surface area contributed by atoms with Crippen molar-refractivity contribution in [1.82, 2.24) is 35.6 Å². The summed E-state index contributed by atoms with van der Waals surface area (Å²) in [6.07, 6.45) is -0.0886. The quantitative estimate of drug-likeness (QED) is 0.0627. The number of alkyl halides is 3. The lowest BCUT2D eigenvalue weighted by molar-refractivity contribution is -0.154. The fourth-order valence-electron chi connectivity index (χ4n) is 5.17. The number of benzene rings is 3. The molecule has 1 saturated carbocycles. The van der Waals surface area contributed by atoms with Gasteiger partial charge in [-0.15, -0.1) is 0 Å². The van der Waals surface area contributed by atoms with E-state index in [9.17, 15) is 32.3 Å². The van der Waals surface area contributed by atoms with Crippen LogP contribution in [0.1, 0.15) is 28.8 Å². The minimum absolute atomic E-state index is 0.0427. The molecule has 3 amide bonds. The molecular weight excluding hydrogens is 768 g/mol. The van der Waals surface area contributed by atoms with Crippen molar-refractivity contribution in [3.05, 3.63) is 101 Å². The molecular formula is C35H29Cl2F3N10O5. The molecule has 0 spiro atoms. The molecule has 6 N–H and O–H groups in total. The Hall–Kier alpha value is -6.27. The zero-order chi connectivity index (χ0) is 39.2. The number of hydrogen-bond acceptors (Lipinski definition) is 11. The monoisotopic (exact) mass is 796 g/mol. The van der Waals surface area contributed by atoms with Gasteiger partial charge in [-0.3, -0.25) is 19.2 Å². The Morgan fingerprint density at radius 1 is 0.909 bits per heavy atom. The first kappa shape index (κ1) is 38.5. The Balaban J connectivity index is 1.07. The highest BCUT2D eigenvalue weighted by atomic mass is 35.5. The number of amides is 3. The Labute approximate surface area is 319 Å². The second-order valence-corrected chi connectivity index (χ2v) is 12.9. The molecule has 3 aromatic carbocycles. The summed E-state index contributed by atoms with van der Waals surface area (Å²) in [5.74, 6) is -3.05. The van der Waals surface area contributed by atoms with Crippen LogP contribution >= 0.6 is 23.2 Å². The molecule has 55 heavy (non-hydrogen) atoms. The molecule has 5 aromatic rings. The van der Waals surface area contributed by atoms with Gasteiger partial charge in [0.15, 0.2) is 6.61 Å². The van der Waals surface area contributed by atoms with Crippen molar-refractivity contribution in [1.29, 1.82) is 0 Å². The number of ether oxygens (including phenoxy) is 1. The fraction of sp³-hybridized carbons (Fsp3) is 0.200. The van der Waals surface area contributed by atoms with Gasteiger partial charge < -0.3 is 36.3 Å². The van der Waals surface area contributed by atoms with Crippen molar-refractivity contribution in [3.63, 3.8) is 0 Å². The van der Waals surface area contributed by atoms with E-state index in [1.165, 1.54) is 30.6 Å². The summed E-state index contributed by atoms with van der Waals surface area (Å²) in [5, 5.41) is 12.7. The highest BCUT2D eigenvalue weighted by Gasteiger charge is 2.45. The number of imidazole rings is 1. The highest BCUT2D eigenvalue weighted by molar-refractivity contribution is 6.65. The lowest BCUT2D eigenvalue weighted by Crippen LogP contribution is -2.49. The van der Waals surface area contributed by atoms with Crippen molar-refractivity contribution in [3.8, 4) is 17.3 Å². The van der Waals surface area contributed by atoms with E-state index in [0.717, 1.165) is 5.56 Å². The molecule has 1 atom stereocenters. The van der Waals surface area contributed by atoms with Crippen LogP contribution in [0.4, 0.5) is 36.4 Å². The highest BCUT2D eigenvalue weighted by Crippen LogP contribution is 2.48. The number of rotatable bonds is 14. The van der Waals surface area contributed by atoms with Gasteiger partial charge >= 0.3 is 24.0 Å². The van der Waals surface area contributed by atoms with Crippen LogP contribution in [0.2, 0.25) is 5.02 Å². The zero-order valence-electron chi connectivity index (χ0n) is 28.2. The molecule has 6 rings (SSSR count). The minimum Gasteiger partial charge on any atom is -0.454 e. The van der Waals surface area contributed by atoms with Crippen molar-refractivity contribution in [2.45, 2.75) is 30.6 Å². The van der Waals surface area contributed by atoms with Crippen LogP contribution < -0.4 is 31.3 Å². The minimum atomic E-state index is -4.65. The summed E-state index contributed by atoms with van der Waals surface area (Å²) in [7, 11) is 0. The molecule has 0 aliphatic heterocycles. The first-order valence-electron chi connectivity index (χ1n) is 16.3. The molecule has 1 aliphatic rings. The molecule has 0 bridgehead atoms. The predicted octanol–water partition coefficient (Wildman–Crippen LogP) is 5.32. The van der Waals surface area contributed by atoms with E-state index in [-0.39, 0.29) is 17.5 Å². The Kier molecular flexibility index (Phi) is 11.5. The lowest BCUT2D eigenvalue weighted by Gasteiger charge is -2.19. The van der Waals surface area contributed by atoms with Gasteiger partial charge in [0.05, 0.1) is 17.6 Å². The van der Waals surface area contributed by atoms with E-state index < -0.39 is 59.9 Å². The molecule has 1 fully saturated rings. The van der Waals surface area contributed by atoms with Gasteiger partial charge in [-0.2, -0.15) is 28.1 Å². The van der Waals surface area contributed by atoms with Gasteiger partial charge in [0.1, 0.15) is 6.04 Å². The average Bonchev–Trinajstić information content (AvgIpc) is 3.70. The number of halogens is 5. The van der Waals surface area contributed by atoms with Crippen molar-refractivity contribution >= 4 is 69.4 Å². The Morgan fingerprint density at radius 2 is 1.64 bits per heavy atom. The van der Waals surface area contributed by atoms with Gasteiger partial charge in [-0.05, 0) is 78.5 Å². The lowest BCUT2D eigenvalue weighted by atomic mass is 10.1. The molecule has 0 saturated heterocycles. The van der Waals surface area contributed by atoms with Gasteiger partial charge in [-0.1, -0.05) is 35.9 Å². The van der Waals surface area contributed by atoms with Crippen molar-refractivity contribution in [2.75, 3.05) is 29.1 Å². The summed E-state index contributed by atoms with van der Waals surface area (Å²) in [6, 6.07) is 17.4. The van der Waals surface area contributed by atoms with E-state index in [4.69, 9.17) is 27.9 Å². The number of aromatic amines is 1. The number of H-pyrrole nitrogens is 1. The largest absolute Gasteiger partial charge is 0.454 e. The topological polar surface area (TPSA) is 205 Å². The van der Waals surface area contributed by atoms with Crippen molar-refractivity contribution < 1.29 is 37.1 Å². The first-order valence-corrected chi connectivity index (χ1v) is 17.1. The second-order valence-electron chi connectivity index (χ2n) is 12.1. The molecule has 2 heterocycles. The zero-order valence-corrected chi connectivity index (χ0v) is 29.7. The third-order valence-corrected chi connectivity index (χ3v) is 8.56. The van der Waals surface area contributed by atoms with Crippen LogP contribution in [0.25, 0.3) is 11.3 Å². The van der Waals surface area contributed by atoms with E-state index >= 15 is 0 Å². The first-order chi connectivity index (χ1) is 26.2. The SMILES string of the molecule is O=C(NC[C@H](NC(=O)c1ccc(Nc2nc(NC3(c4ccc(Cl)cc4)CC3)nc(OCC(F)(F)F)n2)cc1)C(=O)Cl)C(=O)Nc1cccc(-c2c[nH]cn2)c1. The summed E-state index contributed by atoms with van der Waals surface area (Å²) < 4.78 is 43.7. The second kappa shape index (κ2) is 16.4. The molecule has 0 unspecified atom stereocenters. The fourth-order valence-corrected chi connectivity index (χ4v) is 5.43. The Bertz CT molecular complexity index is 2190. The summed E-state index contributed by atoms with van der Waals surface area (Å²) in [5.41, 5.74) is 2.35.